The maximum atomic E-state index is 9.74. The quantitative estimate of drug-likeness (QED) is 0.407. The van der Waals surface area contributed by atoms with Crippen molar-refractivity contribution in [1.29, 1.82) is 5.26 Å². The molecular weight excluding hydrogens is 270 g/mol. The Morgan fingerprint density at radius 1 is 1.00 bits per heavy atom. The second-order valence-electron chi connectivity index (χ2n) is 7.75. The summed E-state index contributed by atoms with van der Waals surface area (Å²) < 4.78 is 0. The Bertz CT molecular complexity index is 342. The van der Waals surface area contributed by atoms with E-state index in [9.17, 15) is 5.26 Å². The van der Waals surface area contributed by atoms with Gasteiger partial charge in [0.25, 0.3) is 0 Å². The lowest BCUT2D eigenvalue weighted by Crippen LogP contribution is -2.29. The van der Waals surface area contributed by atoms with Gasteiger partial charge in [0.05, 0.1) is 12.1 Å². The minimum Gasteiger partial charge on any atom is -0.196 e. The van der Waals surface area contributed by atoms with E-state index in [2.05, 4.69) is 64.8 Å². The van der Waals surface area contributed by atoms with Crippen molar-refractivity contribution in [3.05, 3.63) is 0 Å². The van der Waals surface area contributed by atoms with Crippen LogP contribution in [-0.2, 0) is 0 Å². The van der Waals surface area contributed by atoms with E-state index in [0.29, 0.717) is 17.8 Å². The molecule has 0 N–H and O–H groups in total. The van der Waals surface area contributed by atoms with E-state index >= 15 is 0 Å². The van der Waals surface area contributed by atoms with Crippen molar-refractivity contribution in [3.8, 4) is 6.07 Å². The summed E-state index contributed by atoms with van der Waals surface area (Å²) in [6.07, 6.45) is 6.04. The fourth-order valence-electron chi connectivity index (χ4n) is 3.01. The minimum absolute atomic E-state index is 0.270. The van der Waals surface area contributed by atoms with E-state index in [1.807, 2.05) is 0 Å². The second kappa shape index (κ2) is 10.8. The van der Waals surface area contributed by atoms with Crippen LogP contribution in [0, 0.1) is 29.1 Å². The summed E-state index contributed by atoms with van der Waals surface area (Å²) in [5.74, 6) is 1.58. The SMILES string of the molecule is CCCC(CC(C)CC)N=NC(C#N)(CC(C)C)CC(C)C. The van der Waals surface area contributed by atoms with Crippen LogP contribution in [0.2, 0.25) is 0 Å². The molecule has 22 heavy (non-hydrogen) atoms. The lowest BCUT2D eigenvalue weighted by molar-refractivity contribution is 0.326. The standard InChI is InChI=1S/C19H37N3/c1-8-10-18(11-17(7)9-2)21-22-19(14-20,12-15(3)4)13-16(5)6/h15-18H,8-13H2,1-7H3. The highest BCUT2D eigenvalue weighted by atomic mass is 15.2. The van der Waals surface area contributed by atoms with Gasteiger partial charge in [0, 0.05) is 0 Å². The van der Waals surface area contributed by atoms with Gasteiger partial charge in [-0.2, -0.15) is 15.5 Å². The predicted octanol–water partition coefficient (Wildman–Crippen LogP) is 6.40. The first-order chi connectivity index (χ1) is 10.3. The molecule has 0 saturated carbocycles. The van der Waals surface area contributed by atoms with Crippen molar-refractivity contribution < 1.29 is 0 Å². The van der Waals surface area contributed by atoms with Gasteiger partial charge in [0.15, 0.2) is 5.54 Å². The Balaban J connectivity index is 5.16. The fraction of sp³-hybridized carbons (Fsp3) is 0.947. The summed E-state index contributed by atoms with van der Waals surface area (Å²) in [7, 11) is 0. The van der Waals surface area contributed by atoms with Crippen molar-refractivity contribution in [3.63, 3.8) is 0 Å². The molecule has 2 atom stereocenters. The van der Waals surface area contributed by atoms with Gasteiger partial charge in [-0.15, -0.1) is 0 Å². The first kappa shape index (κ1) is 21.1. The van der Waals surface area contributed by atoms with Crippen LogP contribution in [0.1, 0.15) is 87.0 Å². The predicted molar refractivity (Wildman–Crippen MR) is 94.9 cm³/mol. The average Bonchev–Trinajstić information content (AvgIpc) is 2.43. The van der Waals surface area contributed by atoms with Gasteiger partial charge in [-0.25, -0.2) is 0 Å². The summed E-state index contributed by atoms with van der Waals surface area (Å²) in [5.41, 5.74) is -0.635. The second-order valence-corrected chi connectivity index (χ2v) is 7.75. The molecule has 0 fully saturated rings. The number of nitrogens with zero attached hydrogens (tertiary/aromatic N) is 3. The van der Waals surface area contributed by atoms with Gasteiger partial charge >= 0.3 is 0 Å². The molecule has 0 rings (SSSR count). The van der Waals surface area contributed by atoms with Crippen LogP contribution in [0.4, 0.5) is 0 Å². The molecule has 0 aliphatic carbocycles. The Kier molecular flexibility index (Phi) is 10.3. The molecule has 0 radical (unpaired) electrons. The third kappa shape index (κ3) is 8.51. The van der Waals surface area contributed by atoms with Crippen molar-refractivity contribution >= 4 is 0 Å². The fourth-order valence-corrected chi connectivity index (χ4v) is 3.01. The van der Waals surface area contributed by atoms with Crippen LogP contribution in [0.25, 0.3) is 0 Å². The van der Waals surface area contributed by atoms with E-state index in [1.54, 1.807) is 0 Å². The summed E-state index contributed by atoms with van der Waals surface area (Å²) >= 11 is 0. The van der Waals surface area contributed by atoms with Gasteiger partial charge in [-0.05, 0) is 43.4 Å². The molecule has 0 aliphatic heterocycles. The first-order valence-electron chi connectivity index (χ1n) is 9.11. The molecule has 2 unspecified atom stereocenters. The van der Waals surface area contributed by atoms with Crippen LogP contribution in [0.5, 0.6) is 0 Å². The topological polar surface area (TPSA) is 48.5 Å². The lowest BCUT2D eigenvalue weighted by Gasteiger charge is -2.26. The van der Waals surface area contributed by atoms with Gasteiger partial charge < -0.3 is 0 Å². The summed E-state index contributed by atoms with van der Waals surface area (Å²) in [5, 5.41) is 19.0. The van der Waals surface area contributed by atoms with E-state index in [1.165, 1.54) is 6.42 Å². The molecule has 3 nitrogen and oxygen atoms in total. The molecule has 0 amide bonds. The van der Waals surface area contributed by atoms with Gasteiger partial charge in [0.2, 0.25) is 0 Å². The first-order valence-corrected chi connectivity index (χ1v) is 9.11. The number of rotatable bonds is 11. The van der Waals surface area contributed by atoms with Crippen molar-refractivity contribution in [1.82, 2.24) is 0 Å². The van der Waals surface area contributed by atoms with E-state index < -0.39 is 5.54 Å². The molecule has 128 valence electrons. The molecule has 0 aromatic rings. The average molecular weight is 308 g/mol. The molecular formula is C19H37N3. The smallest absolute Gasteiger partial charge is 0.167 e. The van der Waals surface area contributed by atoms with Gasteiger partial charge in [0.1, 0.15) is 0 Å². The molecule has 0 spiro atoms. The van der Waals surface area contributed by atoms with E-state index in [-0.39, 0.29) is 6.04 Å². The summed E-state index contributed by atoms with van der Waals surface area (Å²) in [6, 6.07) is 2.75. The zero-order valence-electron chi connectivity index (χ0n) is 15.9. The van der Waals surface area contributed by atoms with E-state index in [4.69, 9.17) is 0 Å². The number of hydrogen-bond acceptors (Lipinski definition) is 3. The van der Waals surface area contributed by atoms with Crippen molar-refractivity contribution in [2.75, 3.05) is 0 Å². The number of azo groups is 1. The maximum absolute atomic E-state index is 9.74. The van der Waals surface area contributed by atoms with Crippen LogP contribution in [0.15, 0.2) is 10.2 Å². The highest BCUT2D eigenvalue weighted by Crippen LogP contribution is 2.30. The zero-order chi connectivity index (χ0) is 17.2. The Morgan fingerprint density at radius 2 is 1.55 bits per heavy atom. The zero-order valence-corrected chi connectivity index (χ0v) is 15.9. The third-order valence-corrected chi connectivity index (χ3v) is 4.11. The normalized spacial score (nSPS) is 15.5. The number of hydrogen-bond donors (Lipinski definition) is 0. The lowest BCUT2D eigenvalue weighted by atomic mass is 9.84. The number of nitriles is 1. The molecule has 0 heterocycles. The van der Waals surface area contributed by atoms with E-state index in [0.717, 1.165) is 32.1 Å². The van der Waals surface area contributed by atoms with Crippen molar-refractivity contribution in [2.24, 2.45) is 28.0 Å². The Hall–Kier alpha value is -0.910. The highest BCUT2D eigenvalue weighted by molar-refractivity contribution is 5.07. The van der Waals surface area contributed by atoms with Crippen LogP contribution in [-0.4, -0.2) is 11.6 Å². The van der Waals surface area contributed by atoms with Crippen LogP contribution < -0.4 is 0 Å². The van der Waals surface area contributed by atoms with Gasteiger partial charge in [-0.3, -0.25) is 0 Å². The third-order valence-electron chi connectivity index (χ3n) is 4.11. The van der Waals surface area contributed by atoms with Crippen molar-refractivity contribution in [2.45, 2.75) is 98.6 Å². The molecule has 3 heteroatoms. The monoisotopic (exact) mass is 307 g/mol. The molecule has 0 bridgehead atoms. The Morgan fingerprint density at radius 3 is 1.91 bits per heavy atom. The van der Waals surface area contributed by atoms with Crippen LogP contribution >= 0.6 is 0 Å². The largest absolute Gasteiger partial charge is 0.196 e. The molecule has 0 saturated heterocycles. The molecule has 0 aliphatic rings. The highest BCUT2D eigenvalue weighted by Gasteiger charge is 2.32. The molecule has 0 aromatic heterocycles. The molecule has 0 aromatic carbocycles. The maximum Gasteiger partial charge on any atom is 0.167 e. The Labute approximate surface area is 138 Å². The minimum atomic E-state index is -0.635. The summed E-state index contributed by atoms with van der Waals surface area (Å²) in [4.78, 5) is 0. The van der Waals surface area contributed by atoms with Crippen LogP contribution in [0.3, 0.4) is 0 Å². The van der Waals surface area contributed by atoms with Gasteiger partial charge in [-0.1, -0.05) is 61.3 Å². The summed E-state index contributed by atoms with van der Waals surface area (Å²) in [6.45, 7) is 15.3.